The average Bonchev–Trinajstić information content (AvgIpc) is 3.08. The number of anilines is 1. The highest BCUT2D eigenvalue weighted by molar-refractivity contribution is 7.13. The number of carbonyl (C=O) groups is 2. The molecule has 2 atom stereocenters. The number of rotatable bonds is 5. The largest absolute Gasteiger partial charge is 0.450 e. The number of carbonyl (C=O) groups excluding carboxylic acids is 2. The number of hydrogen-bond donors (Lipinski definition) is 1. The molecule has 0 radical (unpaired) electrons. The van der Waals surface area contributed by atoms with Gasteiger partial charge in [-0.25, -0.2) is 9.78 Å². The summed E-state index contributed by atoms with van der Waals surface area (Å²) in [4.78, 5) is 33.1. The molecule has 3 rings (SSSR count). The number of nitrogens with zero attached hydrogens (tertiary/aromatic N) is 3. The summed E-state index contributed by atoms with van der Waals surface area (Å²) in [6.07, 6.45) is 2.33. The molecule has 0 bridgehead atoms. The van der Waals surface area contributed by atoms with Crippen molar-refractivity contribution in [3.05, 3.63) is 11.1 Å². The van der Waals surface area contributed by atoms with Crippen LogP contribution in [0.25, 0.3) is 0 Å². The zero-order valence-electron chi connectivity index (χ0n) is 17.1. The molecule has 1 aromatic heterocycles. The maximum absolute atomic E-state index is 12.6. The highest BCUT2D eigenvalue weighted by Crippen LogP contribution is 2.25. The number of ether oxygens (including phenoxy) is 1. The number of aromatic nitrogens is 1. The molecule has 0 unspecified atom stereocenters. The van der Waals surface area contributed by atoms with Crippen LogP contribution in [0, 0.1) is 17.8 Å². The van der Waals surface area contributed by atoms with Crippen molar-refractivity contribution in [2.24, 2.45) is 17.8 Å². The Kier molecular flexibility index (Phi) is 7.29. The van der Waals surface area contributed by atoms with Crippen molar-refractivity contribution >= 4 is 28.5 Å². The van der Waals surface area contributed by atoms with Gasteiger partial charge in [0.05, 0.1) is 12.3 Å². The molecule has 3 heterocycles. The van der Waals surface area contributed by atoms with Crippen LogP contribution in [0.3, 0.4) is 0 Å². The quantitative estimate of drug-likeness (QED) is 0.808. The van der Waals surface area contributed by atoms with E-state index in [9.17, 15) is 9.59 Å². The maximum Gasteiger partial charge on any atom is 0.409 e. The zero-order valence-corrected chi connectivity index (χ0v) is 18.0. The summed E-state index contributed by atoms with van der Waals surface area (Å²) in [5.74, 6) is 1.37. The van der Waals surface area contributed by atoms with Crippen LogP contribution in [0.2, 0.25) is 0 Å². The summed E-state index contributed by atoms with van der Waals surface area (Å²) in [6.45, 7) is 11.0. The first kappa shape index (κ1) is 21.0. The van der Waals surface area contributed by atoms with E-state index in [1.807, 2.05) is 5.38 Å². The lowest BCUT2D eigenvalue weighted by atomic mass is 9.92. The molecule has 2 amide bonds. The minimum Gasteiger partial charge on any atom is -0.450 e. The van der Waals surface area contributed by atoms with Crippen molar-refractivity contribution in [1.29, 1.82) is 0 Å². The van der Waals surface area contributed by atoms with Crippen molar-refractivity contribution < 1.29 is 14.3 Å². The van der Waals surface area contributed by atoms with Gasteiger partial charge in [0.1, 0.15) is 0 Å². The van der Waals surface area contributed by atoms with Gasteiger partial charge in [0.2, 0.25) is 5.91 Å². The molecule has 1 aromatic rings. The van der Waals surface area contributed by atoms with Crippen LogP contribution in [0.4, 0.5) is 9.93 Å². The van der Waals surface area contributed by atoms with Crippen LogP contribution >= 0.6 is 11.3 Å². The molecule has 7 nitrogen and oxygen atoms in total. The van der Waals surface area contributed by atoms with Crippen LogP contribution in [0.15, 0.2) is 5.38 Å². The minimum absolute atomic E-state index is 0.00428. The molecule has 2 fully saturated rings. The predicted molar refractivity (Wildman–Crippen MR) is 110 cm³/mol. The smallest absolute Gasteiger partial charge is 0.409 e. The molecular weight excluding hydrogens is 376 g/mol. The fourth-order valence-corrected chi connectivity index (χ4v) is 5.04. The normalized spacial score (nSPS) is 24.2. The molecule has 2 saturated heterocycles. The fraction of sp³-hybridized carbons (Fsp3) is 0.750. The summed E-state index contributed by atoms with van der Waals surface area (Å²) in [6, 6.07) is 0. The zero-order chi connectivity index (χ0) is 20.1. The first-order valence-electron chi connectivity index (χ1n) is 10.3. The number of hydrogen-bond acceptors (Lipinski definition) is 6. The number of amides is 2. The Labute approximate surface area is 171 Å². The van der Waals surface area contributed by atoms with Gasteiger partial charge in [0.25, 0.3) is 0 Å². The maximum atomic E-state index is 12.6. The first-order valence-corrected chi connectivity index (χ1v) is 11.2. The monoisotopic (exact) mass is 408 g/mol. The Morgan fingerprint density at radius 3 is 2.57 bits per heavy atom. The Balaban J connectivity index is 1.46. The molecule has 8 heteroatoms. The van der Waals surface area contributed by atoms with Crippen molar-refractivity contribution in [3.63, 3.8) is 0 Å². The summed E-state index contributed by atoms with van der Waals surface area (Å²) in [5, 5.41) is 5.69. The molecule has 0 spiro atoms. The second-order valence-corrected chi connectivity index (χ2v) is 9.09. The summed E-state index contributed by atoms with van der Waals surface area (Å²) in [7, 11) is 0. The SMILES string of the molecule is CCOC(=O)N1CCC(C(=O)Nc2nc(CN3C[C@H](C)C[C@@H](C)C3)cs2)CC1. The summed E-state index contributed by atoms with van der Waals surface area (Å²) >= 11 is 1.49. The topological polar surface area (TPSA) is 74.8 Å². The minimum atomic E-state index is -0.285. The summed E-state index contributed by atoms with van der Waals surface area (Å²) < 4.78 is 5.03. The highest BCUT2D eigenvalue weighted by Gasteiger charge is 2.28. The van der Waals surface area contributed by atoms with E-state index in [1.54, 1.807) is 11.8 Å². The van der Waals surface area contributed by atoms with Crippen LogP contribution < -0.4 is 5.32 Å². The number of piperidine rings is 2. The first-order chi connectivity index (χ1) is 13.4. The van der Waals surface area contributed by atoms with Gasteiger partial charge < -0.3 is 15.0 Å². The average molecular weight is 409 g/mol. The molecule has 2 aliphatic heterocycles. The molecule has 156 valence electrons. The predicted octanol–water partition coefficient (Wildman–Crippen LogP) is 3.43. The number of likely N-dealkylation sites (tertiary alicyclic amines) is 2. The second-order valence-electron chi connectivity index (χ2n) is 8.23. The Bertz CT molecular complexity index is 662. The van der Waals surface area contributed by atoms with Crippen LogP contribution in [0.5, 0.6) is 0 Å². The van der Waals surface area contributed by atoms with E-state index < -0.39 is 0 Å². The van der Waals surface area contributed by atoms with E-state index in [0.29, 0.717) is 37.7 Å². The van der Waals surface area contributed by atoms with E-state index in [1.165, 1.54) is 17.8 Å². The molecular formula is C20H32N4O3S. The summed E-state index contributed by atoms with van der Waals surface area (Å²) in [5.41, 5.74) is 1.03. The lowest BCUT2D eigenvalue weighted by Gasteiger charge is -2.34. The van der Waals surface area contributed by atoms with Gasteiger partial charge >= 0.3 is 6.09 Å². The lowest BCUT2D eigenvalue weighted by Crippen LogP contribution is -2.41. The number of nitrogens with one attached hydrogen (secondary N) is 1. The van der Waals surface area contributed by atoms with Crippen molar-refractivity contribution in [2.75, 3.05) is 38.1 Å². The van der Waals surface area contributed by atoms with E-state index in [-0.39, 0.29) is 17.9 Å². The van der Waals surface area contributed by atoms with Gasteiger partial charge in [0.15, 0.2) is 5.13 Å². The van der Waals surface area contributed by atoms with E-state index >= 15 is 0 Å². The Hall–Kier alpha value is -1.67. The fourth-order valence-electron chi connectivity index (χ4n) is 4.33. The van der Waals surface area contributed by atoms with Crippen molar-refractivity contribution in [1.82, 2.24) is 14.8 Å². The van der Waals surface area contributed by atoms with Gasteiger partial charge in [0, 0.05) is 44.0 Å². The third kappa shape index (κ3) is 5.67. The van der Waals surface area contributed by atoms with E-state index in [0.717, 1.165) is 37.2 Å². The number of thiazole rings is 1. The standard InChI is InChI=1S/C20H32N4O3S/c1-4-27-20(26)24-7-5-16(6-8-24)18(25)22-19-21-17(13-28-19)12-23-10-14(2)9-15(3)11-23/h13-16H,4-12H2,1-3H3,(H,21,22,25)/t14-,15-/m1/s1. The van der Waals surface area contributed by atoms with Gasteiger partial charge in [-0.1, -0.05) is 13.8 Å². The van der Waals surface area contributed by atoms with Gasteiger partial charge in [-0.15, -0.1) is 11.3 Å². The van der Waals surface area contributed by atoms with Crippen molar-refractivity contribution in [3.8, 4) is 0 Å². The second kappa shape index (κ2) is 9.69. The molecule has 1 N–H and O–H groups in total. The third-order valence-electron chi connectivity index (χ3n) is 5.50. The molecule has 0 aliphatic carbocycles. The van der Waals surface area contributed by atoms with Gasteiger partial charge in [-0.3, -0.25) is 9.69 Å². The van der Waals surface area contributed by atoms with Gasteiger partial charge in [-0.05, 0) is 38.0 Å². The van der Waals surface area contributed by atoms with Crippen LogP contribution in [0.1, 0.15) is 45.7 Å². The van der Waals surface area contributed by atoms with Gasteiger partial charge in [-0.2, -0.15) is 0 Å². The Morgan fingerprint density at radius 1 is 1.25 bits per heavy atom. The van der Waals surface area contributed by atoms with E-state index in [2.05, 4.69) is 29.0 Å². The third-order valence-corrected chi connectivity index (χ3v) is 6.31. The molecule has 0 aromatic carbocycles. The van der Waals surface area contributed by atoms with Crippen LogP contribution in [-0.4, -0.2) is 59.6 Å². The van der Waals surface area contributed by atoms with Crippen LogP contribution in [-0.2, 0) is 16.1 Å². The lowest BCUT2D eigenvalue weighted by molar-refractivity contribution is -0.121. The molecule has 28 heavy (non-hydrogen) atoms. The van der Waals surface area contributed by atoms with Crippen molar-refractivity contribution in [2.45, 2.75) is 46.6 Å². The highest BCUT2D eigenvalue weighted by atomic mass is 32.1. The van der Waals surface area contributed by atoms with E-state index in [4.69, 9.17) is 4.74 Å². The molecule has 0 saturated carbocycles. The molecule has 2 aliphatic rings. The Morgan fingerprint density at radius 2 is 1.93 bits per heavy atom.